The number of methoxy groups -OCH3 is 1. The highest BCUT2D eigenvalue weighted by atomic mass is 32.2. The van der Waals surface area contributed by atoms with Gasteiger partial charge in [0.1, 0.15) is 10.6 Å². The number of piperidine rings is 1. The van der Waals surface area contributed by atoms with Crippen molar-refractivity contribution in [2.75, 3.05) is 25.5 Å². The van der Waals surface area contributed by atoms with Gasteiger partial charge in [0.15, 0.2) is 5.13 Å². The number of benzene rings is 2. The topological polar surface area (TPSA) is 88.6 Å². The summed E-state index contributed by atoms with van der Waals surface area (Å²) in [7, 11) is -2.27. The summed E-state index contributed by atoms with van der Waals surface area (Å²) in [6.45, 7) is 5.06. The quantitative estimate of drug-likeness (QED) is 0.539. The van der Waals surface area contributed by atoms with Crippen molar-refractivity contribution < 1.29 is 17.9 Å². The number of anilines is 1. The van der Waals surface area contributed by atoms with E-state index in [1.165, 1.54) is 41.0 Å². The number of thiazole rings is 1. The third kappa shape index (κ3) is 4.95. The third-order valence-electron chi connectivity index (χ3n) is 5.75. The Bertz CT molecular complexity index is 1280. The first-order valence-corrected chi connectivity index (χ1v) is 13.1. The van der Waals surface area contributed by atoms with E-state index in [2.05, 4.69) is 22.4 Å². The molecule has 1 aliphatic heterocycles. The number of ether oxygens (including phenoxy) is 1. The van der Waals surface area contributed by atoms with Crippen LogP contribution in [0.15, 0.2) is 46.7 Å². The van der Waals surface area contributed by atoms with Crippen LogP contribution in [-0.4, -0.2) is 43.8 Å². The largest absolute Gasteiger partial charge is 0.495 e. The Balaban J connectivity index is 1.55. The maximum absolute atomic E-state index is 13.1. The van der Waals surface area contributed by atoms with Crippen molar-refractivity contribution in [1.82, 2.24) is 9.29 Å². The summed E-state index contributed by atoms with van der Waals surface area (Å²) in [6, 6.07) is 10.6. The van der Waals surface area contributed by atoms with Crippen LogP contribution >= 0.6 is 11.3 Å². The Labute approximate surface area is 198 Å². The number of carbonyl (C=O) groups excluding carboxylic acids is 1. The molecule has 1 N–H and O–H groups in total. The number of sulfonamides is 1. The van der Waals surface area contributed by atoms with Crippen LogP contribution in [0.3, 0.4) is 0 Å². The molecule has 0 aliphatic carbocycles. The van der Waals surface area contributed by atoms with Crippen molar-refractivity contribution in [2.24, 2.45) is 0 Å². The van der Waals surface area contributed by atoms with Gasteiger partial charge in [0.05, 0.1) is 12.8 Å². The maximum atomic E-state index is 13.1. The zero-order valence-electron chi connectivity index (χ0n) is 18.9. The molecule has 1 amide bonds. The number of amides is 1. The molecule has 0 spiro atoms. The number of aryl methyl sites for hydroxylation is 2. The third-order valence-corrected chi connectivity index (χ3v) is 8.45. The molecule has 174 valence electrons. The maximum Gasteiger partial charge on any atom is 0.257 e. The first-order valence-electron chi connectivity index (χ1n) is 10.8. The molecule has 3 aromatic rings. The monoisotopic (exact) mass is 485 g/mol. The number of rotatable bonds is 6. The normalized spacial score (nSPS) is 14.8. The highest BCUT2D eigenvalue weighted by molar-refractivity contribution is 7.89. The molecule has 9 heteroatoms. The summed E-state index contributed by atoms with van der Waals surface area (Å²) in [5, 5.41) is 5.19. The molecule has 4 rings (SSSR count). The zero-order chi connectivity index (χ0) is 23.6. The van der Waals surface area contributed by atoms with E-state index < -0.39 is 10.0 Å². The predicted octanol–water partition coefficient (Wildman–Crippen LogP) is 4.86. The zero-order valence-corrected chi connectivity index (χ0v) is 20.6. The molecule has 0 saturated carbocycles. The Kier molecular flexibility index (Phi) is 6.83. The van der Waals surface area contributed by atoms with E-state index in [0.29, 0.717) is 23.8 Å². The Morgan fingerprint density at radius 2 is 1.85 bits per heavy atom. The molecule has 2 heterocycles. The lowest BCUT2D eigenvalue weighted by atomic mass is 10.0. The summed E-state index contributed by atoms with van der Waals surface area (Å²) >= 11 is 1.34. The first-order chi connectivity index (χ1) is 15.8. The summed E-state index contributed by atoms with van der Waals surface area (Å²) < 4.78 is 33.0. The molecule has 0 radical (unpaired) electrons. The number of hydrogen-bond donors (Lipinski definition) is 1. The van der Waals surface area contributed by atoms with Gasteiger partial charge in [-0.15, -0.1) is 11.3 Å². The van der Waals surface area contributed by atoms with E-state index in [-0.39, 0.29) is 16.6 Å². The minimum absolute atomic E-state index is 0.0786. The van der Waals surface area contributed by atoms with Crippen molar-refractivity contribution in [2.45, 2.75) is 38.0 Å². The number of nitrogens with zero attached hydrogens (tertiary/aromatic N) is 2. The van der Waals surface area contributed by atoms with Crippen LogP contribution in [0.4, 0.5) is 5.13 Å². The molecule has 0 bridgehead atoms. The van der Waals surface area contributed by atoms with Crippen molar-refractivity contribution in [1.29, 1.82) is 0 Å². The van der Waals surface area contributed by atoms with Gasteiger partial charge in [-0.2, -0.15) is 4.31 Å². The van der Waals surface area contributed by atoms with Gasteiger partial charge in [-0.1, -0.05) is 24.1 Å². The van der Waals surface area contributed by atoms with Gasteiger partial charge in [0.25, 0.3) is 5.91 Å². The Hall–Kier alpha value is -2.75. The highest BCUT2D eigenvalue weighted by Gasteiger charge is 2.29. The van der Waals surface area contributed by atoms with E-state index in [1.54, 1.807) is 0 Å². The van der Waals surface area contributed by atoms with E-state index in [9.17, 15) is 13.2 Å². The van der Waals surface area contributed by atoms with Gasteiger partial charge < -0.3 is 4.74 Å². The fourth-order valence-electron chi connectivity index (χ4n) is 3.90. The number of nitrogens with one attached hydrogen (secondary N) is 1. The van der Waals surface area contributed by atoms with Crippen molar-refractivity contribution in [3.63, 3.8) is 0 Å². The van der Waals surface area contributed by atoms with Gasteiger partial charge in [-0.05, 0) is 56.5 Å². The molecular formula is C24H27N3O4S2. The van der Waals surface area contributed by atoms with Crippen LogP contribution in [0, 0.1) is 13.8 Å². The molecule has 0 atom stereocenters. The van der Waals surface area contributed by atoms with Crippen LogP contribution in [0.25, 0.3) is 11.3 Å². The predicted molar refractivity (Wildman–Crippen MR) is 131 cm³/mol. The van der Waals surface area contributed by atoms with E-state index in [1.807, 2.05) is 25.3 Å². The van der Waals surface area contributed by atoms with Crippen molar-refractivity contribution in [3.05, 3.63) is 58.5 Å². The number of hydrogen-bond acceptors (Lipinski definition) is 6. The highest BCUT2D eigenvalue weighted by Crippen LogP contribution is 2.31. The molecule has 7 nitrogen and oxygen atoms in total. The van der Waals surface area contributed by atoms with Crippen LogP contribution in [0.5, 0.6) is 5.75 Å². The molecule has 1 aliphatic rings. The smallest absolute Gasteiger partial charge is 0.257 e. The summed E-state index contributed by atoms with van der Waals surface area (Å²) in [5.41, 5.74) is 4.38. The van der Waals surface area contributed by atoms with E-state index in [4.69, 9.17) is 4.74 Å². The minimum atomic E-state index is -3.67. The summed E-state index contributed by atoms with van der Waals surface area (Å²) in [5.74, 6) is -0.222. The fourth-order valence-corrected chi connectivity index (χ4v) is 6.26. The van der Waals surface area contributed by atoms with Gasteiger partial charge in [-0.25, -0.2) is 13.4 Å². The van der Waals surface area contributed by atoms with Gasteiger partial charge in [0.2, 0.25) is 10.0 Å². The lowest BCUT2D eigenvalue weighted by Gasteiger charge is -2.26. The lowest BCUT2D eigenvalue weighted by molar-refractivity contribution is 0.102. The standard InChI is InChI=1S/C24H27N3O4S2/c1-16-7-8-17(2)19(13-16)20-15-32-24(25-20)26-23(28)18-9-10-22(21(14-18)31-3)33(29,30)27-11-5-4-6-12-27/h7-10,13-15H,4-6,11-12H2,1-3H3,(H,25,26,28). The number of aromatic nitrogens is 1. The average Bonchev–Trinajstić information content (AvgIpc) is 3.28. The van der Waals surface area contributed by atoms with Crippen LogP contribution < -0.4 is 10.1 Å². The molecule has 33 heavy (non-hydrogen) atoms. The molecule has 2 aromatic carbocycles. The lowest BCUT2D eigenvalue weighted by Crippen LogP contribution is -2.35. The molecule has 1 aromatic heterocycles. The number of carbonyl (C=O) groups is 1. The second-order valence-corrected chi connectivity index (χ2v) is 10.9. The molecule has 0 unspecified atom stereocenters. The van der Waals surface area contributed by atoms with Crippen molar-refractivity contribution >= 4 is 32.4 Å². The van der Waals surface area contributed by atoms with Gasteiger partial charge >= 0.3 is 0 Å². The van der Waals surface area contributed by atoms with Crippen LogP contribution in [0.2, 0.25) is 0 Å². The van der Waals surface area contributed by atoms with Crippen molar-refractivity contribution in [3.8, 4) is 17.0 Å². The second kappa shape index (κ2) is 9.62. The second-order valence-electron chi connectivity index (χ2n) is 8.14. The van der Waals surface area contributed by atoms with Gasteiger partial charge in [0, 0.05) is 29.6 Å². The average molecular weight is 486 g/mol. The van der Waals surface area contributed by atoms with E-state index in [0.717, 1.165) is 41.6 Å². The fraction of sp³-hybridized carbons (Fsp3) is 0.333. The van der Waals surface area contributed by atoms with Crippen LogP contribution in [-0.2, 0) is 10.0 Å². The first kappa shape index (κ1) is 23.4. The van der Waals surface area contributed by atoms with Crippen LogP contribution in [0.1, 0.15) is 40.7 Å². The summed E-state index contributed by atoms with van der Waals surface area (Å²) in [6.07, 6.45) is 2.73. The Morgan fingerprint density at radius 1 is 1.09 bits per heavy atom. The molecule has 1 fully saturated rings. The van der Waals surface area contributed by atoms with E-state index >= 15 is 0 Å². The summed E-state index contributed by atoms with van der Waals surface area (Å²) in [4.78, 5) is 17.5. The molecular weight excluding hydrogens is 458 g/mol. The minimum Gasteiger partial charge on any atom is -0.495 e. The SMILES string of the molecule is COc1cc(C(=O)Nc2nc(-c3cc(C)ccc3C)cs2)ccc1S(=O)(=O)N1CCCCC1. The Morgan fingerprint density at radius 3 is 2.58 bits per heavy atom. The molecule has 1 saturated heterocycles. The van der Waals surface area contributed by atoms with Gasteiger partial charge in [-0.3, -0.25) is 10.1 Å².